The van der Waals surface area contributed by atoms with Gasteiger partial charge in [-0.1, -0.05) is 42.3 Å². The first-order valence-electron chi connectivity index (χ1n) is 5.72. The van der Waals surface area contributed by atoms with Crippen LogP contribution in [0.4, 0.5) is 0 Å². The van der Waals surface area contributed by atoms with Gasteiger partial charge in [-0.25, -0.2) is 0 Å². The quantitative estimate of drug-likeness (QED) is 0.862. The smallest absolute Gasteiger partial charge is 0.0624 e. The maximum absolute atomic E-state index is 6.12. The van der Waals surface area contributed by atoms with Gasteiger partial charge in [0.2, 0.25) is 0 Å². The average molecular weight is 276 g/mol. The number of halogens is 2. The van der Waals surface area contributed by atoms with Gasteiger partial charge in [-0.3, -0.25) is 0 Å². The van der Waals surface area contributed by atoms with E-state index in [-0.39, 0.29) is 6.04 Å². The van der Waals surface area contributed by atoms with Gasteiger partial charge in [-0.2, -0.15) is 0 Å². The van der Waals surface area contributed by atoms with Crippen molar-refractivity contribution in [1.29, 1.82) is 0 Å². The lowest BCUT2D eigenvalue weighted by Crippen LogP contribution is -2.26. The van der Waals surface area contributed by atoms with Crippen molar-refractivity contribution in [3.63, 3.8) is 0 Å². The van der Waals surface area contributed by atoms with Crippen LogP contribution in [0.1, 0.15) is 18.9 Å². The minimum absolute atomic E-state index is 0.0797. The topological polar surface area (TPSA) is 35.2 Å². The van der Waals surface area contributed by atoms with Crippen molar-refractivity contribution < 1.29 is 4.74 Å². The molecule has 0 radical (unpaired) electrons. The fourth-order valence-electron chi connectivity index (χ4n) is 1.94. The number of hydrogen-bond acceptors (Lipinski definition) is 2. The summed E-state index contributed by atoms with van der Waals surface area (Å²) in [5.74, 6) is 0.452. The largest absolute Gasteiger partial charge is 0.384 e. The van der Waals surface area contributed by atoms with Crippen molar-refractivity contribution in [2.45, 2.75) is 25.8 Å². The third-order valence-electron chi connectivity index (χ3n) is 2.67. The predicted molar refractivity (Wildman–Crippen MR) is 73.8 cm³/mol. The molecule has 2 unspecified atom stereocenters. The number of rotatable bonds is 6. The van der Waals surface area contributed by atoms with Gasteiger partial charge < -0.3 is 10.5 Å². The van der Waals surface area contributed by atoms with Crippen LogP contribution in [-0.4, -0.2) is 19.8 Å². The van der Waals surface area contributed by atoms with Crippen molar-refractivity contribution in [2.24, 2.45) is 11.7 Å². The summed E-state index contributed by atoms with van der Waals surface area (Å²) in [6, 6.07) is 5.73. The Labute approximate surface area is 113 Å². The van der Waals surface area contributed by atoms with Crippen LogP contribution in [0.5, 0.6) is 0 Å². The molecule has 2 atom stereocenters. The van der Waals surface area contributed by atoms with Crippen LogP contribution in [-0.2, 0) is 11.2 Å². The molecule has 0 aliphatic carbocycles. The van der Waals surface area contributed by atoms with Crippen molar-refractivity contribution in [1.82, 2.24) is 0 Å². The number of ether oxygens (including phenoxy) is 1. The zero-order chi connectivity index (χ0) is 12.8. The van der Waals surface area contributed by atoms with Crippen LogP contribution in [0.15, 0.2) is 18.2 Å². The van der Waals surface area contributed by atoms with Gasteiger partial charge in [0, 0.05) is 19.8 Å². The molecule has 1 aromatic carbocycles. The Bertz CT molecular complexity index is 357. The summed E-state index contributed by atoms with van der Waals surface area (Å²) in [7, 11) is 1.70. The molecule has 0 aliphatic rings. The fourth-order valence-corrected chi connectivity index (χ4v) is 2.34. The second-order valence-electron chi connectivity index (χ2n) is 4.47. The standard InChI is InChI=1S/C13H19Cl2NO/c1-9(8-17-2)6-11(16)7-10-4-3-5-12(14)13(10)15/h3-5,9,11H,6-8,16H2,1-2H3. The van der Waals surface area contributed by atoms with Gasteiger partial charge in [-0.05, 0) is 30.4 Å². The first kappa shape index (κ1) is 14.8. The minimum atomic E-state index is 0.0797. The van der Waals surface area contributed by atoms with E-state index in [9.17, 15) is 0 Å². The van der Waals surface area contributed by atoms with Gasteiger partial charge in [0.25, 0.3) is 0 Å². The van der Waals surface area contributed by atoms with Gasteiger partial charge >= 0.3 is 0 Å². The van der Waals surface area contributed by atoms with Crippen molar-refractivity contribution in [3.8, 4) is 0 Å². The number of nitrogens with two attached hydrogens (primary N) is 1. The molecule has 0 fully saturated rings. The highest BCUT2D eigenvalue weighted by Crippen LogP contribution is 2.26. The summed E-state index contributed by atoms with van der Waals surface area (Å²) in [6.45, 7) is 2.86. The second kappa shape index (κ2) is 7.22. The van der Waals surface area contributed by atoms with Crippen LogP contribution in [0.2, 0.25) is 10.0 Å². The van der Waals surface area contributed by atoms with Crippen LogP contribution in [0.25, 0.3) is 0 Å². The molecule has 17 heavy (non-hydrogen) atoms. The fraction of sp³-hybridized carbons (Fsp3) is 0.538. The molecule has 0 spiro atoms. The zero-order valence-corrected chi connectivity index (χ0v) is 11.8. The average Bonchev–Trinajstić information content (AvgIpc) is 2.25. The second-order valence-corrected chi connectivity index (χ2v) is 5.26. The Morgan fingerprint density at radius 3 is 2.71 bits per heavy atom. The summed E-state index contributed by atoms with van der Waals surface area (Å²) in [6.07, 6.45) is 1.66. The van der Waals surface area contributed by atoms with Gasteiger partial charge in [0.1, 0.15) is 0 Å². The Morgan fingerprint density at radius 1 is 1.35 bits per heavy atom. The van der Waals surface area contributed by atoms with Gasteiger partial charge in [-0.15, -0.1) is 0 Å². The normalized spacial score (nSPS) is 14.6. The van der Waals surface area contributed by atoms with E-state index in [1.165, 1.54) is 0 Å². The summed E-state index contributed by atoms with van der Waals surface area (Å²) >= 11 is 12.1. The van der Waals surface area contributed by atoms with Crippen LogP contribution in [0, 0.1) is 5.92 Å². The highest BCUT2D eigenvalue weighted by Gasteiger charge is 2.12. The highest BCUT2D eigenvalue weighted by molar-refractivity contribution is 6.42. The third-order valence-corrected chi connectivity index (χ3v) is 3.53. The molecule has 0 bridgehead atoms. The first-order valence-corrected chi connectivity index (χ1v) is 6.47. The maximum atomic E-state index is 6.12. The van der Waals surface area contributed by atoms with Crippen molar-refractivity contribution in [2.75, 3.05) is 13.7 Å². The van der Waals surface area contributed by atoms with Gasteiger partial charge in [0.15, 0.2) is 0 Å². The van der Waals surface area contributed by atoms with E-state index in [4.69, 9.17) is 33.7 Å². The van der Waals surface area contributed by atoms with E-state index in [0.717, 1.165) is 25.0 Å². The Hall–Kier alpha value is -0.280. The molecule has 0 amide bonds. The summed E-state index contributed by atoms with van der Waals surface area (Å²) in [5, 5.41) is 1.20. The number of benzene rings is 1. The monoisotopic (exact) mass is 275 g/mol. The van der Waals surface area contributed by atoms with Crippen LogP contribution < -0.4 is 5.73 Å². The van der Waals surface area contributed by atoms with Crippen molar-refractivity contribution in [3.05, 3.63) is 33.8 Å². The lowest BCUT2D eigenvalue weighted by atomic mass is 9.97. The molecule has 0 aromatic heterocycles. The molecular formula is C13H19Cl2NO. The van der Waals surface area contributed by atoms with E-state index in [1.54, 1.807) is 13.2 Å². The molecule has 1 aromatic rings. The lowest BCUT2D eigenvalue weighted by molar-refractivity contribution is 0.152. The van der Waals surface area contributed by atoms with E-state index in [1.807, 2.05) is 12.1 Å². The predicted octanol–water partition coefficient (Wildman–Crippen LogP) is 3.54. The molecule has 0 saturated heterocycles. The Balaban J connectivity index is 2.56. The molecule has 0 aliphatic heterocycles. The van der Waals surface area contributed by atoms with Gasteiger partial charge in [0.05, 0.1) is 10.0 Å². The molecular weight excluding hydrogens is 257 g/mol. The molecule has 0 heterocycles. The summed E-state index contributed by atoms with van der Waals surface area (Å²) in [4.78, 5) is 0. The lowest BCUT2D eigenvalue weighted by Gasteiger charge is -2.17. The number of methoxy groups -OCH3 is 1. The molecule has 4 heteroatoms. The Morgan fingerprint density at radius 2 is 2.06 bits per heavy atom. The van der Waals surface area contributed by atoms with Crippen molar-refractivity contribution >= 4 is 23.2 Å². The first-order chi connectivity index (χ1) is 8.04. The maximum Gasteiger partial charge on any atom is 0.0624 e. The number of hydrogen-bond donors (Lipinski definition) is 1. The van der Waals surface area contributed by atoms with Crippen LogP contribution >= 0.6 is 23.2 Å². The molecule has 1 rings (SSSR count). The highest BCUT2D eigenvalue weighted by atomic mass is 35.5. The molecule has 2 N–H and O–H groups in total. The zero-order valence-electron chi connectivity index (χ0n) is 10.2. The van der Waals surface area contributed by atoms with E-state index in [0.29, 0.717) is 16.0 Å². The molecule has 96 valence electrons. The summed E-state index contributed by atoms with van der Waals surface area (Å²) < 4.78 is 5.09. The van der Waals surface area contributed by atoms with E-state index >= 15 is 0 Å². The third kappa shape index (κ3) is 4.84. The van der Waals surface area contributed by atoms with E-state index < -0.39 is 0 Å². The Kier molecular flexibility index (Phi) is 6.28. The molecule has 2 nitrogen and oxygen atoms in total. The minimum Gasteiger partial charge on any atom is -0.384 e. The van der Waals surface area contributed by atoms with E-state index in [2.05, 4.69) is 6.92 Å². The SMILES string of the molecule is COCC(C)CC(N)Cc1cccc(Cl)c1Cl. The summed E-state index contributed by atoms with van der Waals surface area (Å²) in [5.41, 5.74) is 7.11. The molecule has 0 saturated carbocycles. The van der Waals surface area contributed by atoms with Crippen LogP contribution in [0.3, 0.4) is 0 Å².